The van der Waals surface area contributed by atoms with Gasteiger partial charge in [-0.15, -0.1) is 0 Å². The number of anilines is 1. The molecule has 1 aliphatic heterocycles. The molecule has 5 rings (SSSR count). The summed E-state index contributed by atoms with van der Waals surface area (Å²) < 4.78 is 6.22. The molecule has 2 aromatic heterocycles. The van der Waals surface area contributed by atoms with Crippen molar-refractivity contribution >= 4 is 34.0 Å². The van der Waals surface area contributed by atoms with Crippen LogP contribution in [0.4, 0.5) is 5.82 Å². The molecule has 0 aliphatic carbocycles. The van der Waals surface area contributed by atoms with Crippen LogP contribution in [0.15, 0.2) is 49.1 Å². The Morgan fingerprint density at radius 2 is 2.04 bits per heavy atom. The minimum atomic E-state index is 0.208. The van der Waals surface area contributed by atoms with Gasteiger partial charge in [0.25, 0.3) is 0 Å². The molecule has 7 heteroatoms. The quantitative estimate of drug-likeness (QED) is 0.540. The van der Waals surface area contributed by atoms with E-state index in [1.807, 2.05) is 36.4 Å². The number of nitrogens with one attached hydrogen (secondary N) is 1. The van der Waals surface area contributed by atoms with Gasteiger partial charge in [-0.05, 0) is 30.4 Å². The molecule has 3 heterocycles. The molecule has 2 aromatic carbocycles. The second-order valence-corrected chi connectivity index (χ2v) is 6.91. The van der Waals surface area contributed by atoms with Crippen LogP contribution in [-0.2, 0) is 0 Å². The van der Waals surface area contributed by atoms with E-state index in [-0.39, 0.29) is 6.04 Å². The van der Waals surface area contributed by atoms with Crippen molar-refractivity contribution in [3.05, 3.63) is 54.6 Å². The van der Waals surface area contributed by atoms with Gasteiger partial charge in [0.2, 0.25) is 0 Å². The van der Waals surface area contributed by atoms with Gasteiger partial charge >= 0.3 is 0 Å². The van der Waals surface area contributed by atoms with Gasteiger partial charge in [0.1, 0.15) is 24.2 Å². The number of imidazole rings is 1. The van der Waals surface area contributed by atoms with Gasteiger partial charge in [-0.1, -0.05) is 24.3 Å². The second-order valence-electron chi connectivity index (χ2n) is 6.91. The van der Waals surface area contributed by atoms with E-state index >= 15 is 0 Å². The highest BCUT2D eigenvalue weighted by Crippen LogP contribution is 2.31. The van der Waals surface area contributed by atoms with Gasteiger partial charge in [0.15, 0.2) is 17.8 Å². The number of ether oxygens (including phenoxy) is 1. The summed E-state index contributed by atoms with van der Waals surface area (Å²) in [5.41, 5.74) is 2.20. The average molecular weight is 373 g/mol. The molecular weight excluding hydrogens is 354 g/mol. The summed E-state index contributed by atoms with van der Waals surface area (Å²) in [7, 11) is 0. The molecule has 1 N–H and O–H groups in total. The van der Waals surface area contributed by atoms with Gasteiger partial charge in [0.05, 0.1) is 12.4 Å². The minimum Gasteiger partial charge on any atom is -0.491 e. The van der Waals surface area contributed by atoms with Crippen LogP contribution in [0.25, 0.3) is 21.9 Å². The van der Waals surface area contributed by atoms with E-state index in [4.69, 9.17) is 4.74 Å². The van der Waals surface area contributed by atoms with Crippen LogP contribution < -0.4 is 9.64 Å². The van der Waals surface area contributed by atoms with Gasteiger partial charge in [-0.25, -0.2) is 15.0 Å². The Kier molecular flexibility index (Phi) is 4.12. The van der Waals surface area contributed by atoms with Crippen molar-refractivity contribution in [1.29, 1.82) is 0 Å². The van der Waals surface area contributed by atoms with Crippen LogP contribution in [-0.4, -0.2) is 45.4 Å². The van der Waals surface area contributed by atoms with Gasteiger partial charge in [-0.2, -0.15) is 0 Å². The lowest BCUT2D eigenvalue weighted by molar-refractivity contribution is 0.112. The molecule has 0 spiro atoms. The smallest absolute Gasteiger partial charge is 0.162 e. The Balaban J connectivity index is 1.42. The molecule has 0 radical (unpaired) electrons. The predicted octanol–water partition coefficient (Wildman–Crippen LogP) is 3.37. The Labute approximate surface area is 161 Å². The van der Waals surface area contributed by atoms with Crippen molar-refractivity contribution in [3.8, 4) is 5.75 Å². The zero-order valence-electron chi connectivity index (χ0n) is 15.2. The molecule has 1 atom stereocenters. The first-order valence-electron chi connectivity index (χ1n) is 9.35. The summed E-state index contributed by atoms with van der Waals surface area (Å²) in [4.78, 5) is 29.7. The number of fused-ring (bicyclic) bond motifs is 2. The number of H-pyrrole nitrogens is 1. The first kappa shape index (κ1) is 16.7. The molecule has 140 valence electrons. The highest BCUT2D eigenvalue weighted by molar-refractivity contribution is 6.00. The summed E-state index contributed by atoms with van der Waals surface area (Å²) in [6.07, 6.45) is 6.20. The predicted molar refractivity (Wildman–Crippen MR) is 107 cm³/mol. The molecule has 28 heavy (non-hydrogen) atoms. The summed E-state index contributed by atoms with van der Waals surface area (Å²) in [6, 6.07) is 11.7. The highest BCUT2D eigenvalue weighted by atomic mass is 16.5. The SMILES string of the molecule is O=Cc1ccc(OCC2CCCN2c2ncnc3[nH]cnc23)c2ccccc12. The molecule has 1 unspecified atom stereocenters. The number of carbonyl (C=O) groups excluding carboxylic acids is 1. The van der Waals surface area contributed by atoms with E-state index in [1.165, 1.54) is 0 Å². The maximum atomic E-state index is 11.3. The molecule has 0 saturated carbocycles. The molecule has 7 nitrogen and oxygen atoms in total. The standard InChI is InChI=1S/C21H19N5O2/c27-10-14-7-8-18(17-6-2-1-5-16(14)17)28-11-15-4-3-9-26(15)21-19-20(23-12-22-19)24-13-25-21/h1-2,5-8,10,12-13,15H,3-4,9,11H2,(H,22,23,24,25). The monoisotopic (exact) mass is 373 g/mol. The summed E-state index contributed by atoms with van der Waals surface area (Å²) in [5, 5.41) is 1.86. The van der Waals surface area contributed by atoms with E-state index < -0.39 is 0 Å². The molecular formula is C21H19N5O2. The third-order valence-electron chi connectivity index (χ3n) is 5.32. The molecule has 1 fully saturated rings. The van der Waals surface area contributed by atoms with Crippen LogP contribution in [0.2, 0.25) is 0 Å². The first-order valence-corrected chi connectivity index (χ1v) is 9.35. The van der Waals surface area contributed by atoms with Gasteiger partial charge in [-0.3, -0.25) is 4.79 Å². The van der Waals surface area contributed by atoms with E-state index in [9.17, 15) is 4.79 Å². The number of hydrogen-bond donors (Lipinski definition) is 1. The largest absolute Gasteiger partial charge is 0.491 e. The van der Waals surface area contributed by atoms with Crippen LogP contribution in [0.5, 0.6) is 5.75 Å². The van der Waals surface area contributed by atoms with Crippen LogP contribution >= 0.6 is 0 Å². The van der Waals surface area contributed by atoms with Crippen molar-refractivity contribution in [2.24, 2.45) is 0 Å². The molecule has 1 aliphatic rings. The normalized spacial score (nSPS) is 16.7. The number of aromatic nitrogens is 4. The number of benzene rings is 2. The Morgan fingerprint density at radius 1 is 1.14 bits per heavy atom. The van der Waals surface area contributed by atoms with Crippen molar-refractivity contribution < 1.29 is 9.53 Å². The van der Waals surface area contributed by atoms with Crippen molar-refractivity contribution in [2.45, 2.75) is 18.9 Å². The zero-order chi connectivity index (χ0) is 18.9. The Morgan fingerprint density at radius 3 is 2.93 bits per heavy atom. The maximum absolute atomic E-state index is 11.3. The van der Waals surface area contributed by atoms with Crippen molar-refractivity contribution in [2.75, 3.05) is 18.1 Å². The topological polar surface area (TPSA) is 84.0 Å². The highest BCUT2D eigenvalue weighted by Gasteiger charge is 2.28. The van der Waals surface area contributed by atoms with E-state index in [0.717, 1.165) is 59.2 Å². The fraction of sp³-hybridized carbons (Fsp3) is 0.238. The third-order valence-corrected chi connectivity index (χ3v) is 5.32. The lowest BCUT2D eigenvalue weighted by Gasteiger charge is -2.26. The van der Waals surface area contributed by atoms with Crippen molar-refractivity contribution in [1.82, 2.24) is 19.9 Å². The number of nitrogens with zero attached hydrogens (tertiary/aromatic N) is 4. The minimum absolute atomic E-state index is 0.208. The average Bonchev–Trinajstić information content (AvgIpc) is 3.41. The fourth-order valence-electron chi connectivity index (χ4n) is 3.96. The van der Waals surface area contributed by atoms with Gasteiger partial charge < -0.3 is 14.6 Å². The van der Waals surface area contributed by atoms with E-state index in [0.29, 0.717) is 12.2 Å². The number of carbonyl (C=O) groups is 1. The van der Waals surface area contributed by atoms with Crippen LogP contribution in [0.3, 0.4) is 0 Å². The van der Waals surface area contributed by atoms with Crippen LogP contribution in [0, 0.1) is 0 Å². The number of aldehydes is 1. The van der Waals surface area contributed by atoms with Gasteiger partial charge in [0, 0.05) is 17.5 Å². The van der Waals surface area contributed by atoms with E-state index in [1.54, 1.807) is 12.7 Å². The lowest BCUT2D eigenvalue weighted by Crippen LogP contribution is -2.35. The molecule has 0 bridgehead atoms. The zero-order valence-corrected chi connectivity index (χ0v) is 15.2. The molecule has 1 saturated heterocycles. The summed E-state index contributed by atoms with van der Waals surface area (Å²) >= 11 is 0. The maximum Gasteiger partial charge on any atom is 0.162 e. The Bertz CT molecular complexity index is 1160. The third kappa shape index (κ3) is 2.76. The second kappa shape index (κ2) is 6.92. The Hall–Kier alpha value is -3.48. The number of aromatic amines is 1. The summed E-state index contributed by atoms with van der Waals surface area (Å²) in [6.45, 7) is 1.46. The van der Waals surface area contributed by atoms with E-state index in [2.05, 4.69) is 24.8 Å². The summed E-state index contributed by atoms with van der Waals surface area (Å²) in [5.74, 6) is 1.64. The fourth-order valence-corrected chi connectivity index (χ4v) is 3.96. The first-order chi connectivity index (χ1) is 13.8. The van der Waals surface area contributed by atoms with Crippen LogP contribution in [0.1, 0.15) is 23.2 Å². The molecule has 0 amide bonds. The lowest BCUT2D eigenvalue weighted by atomic mass is 10.0. The number of hydrogen-bond acceptors (Lipinski definition) is 6. The van der Waals surface area contributed by atoms with Crippen molar-refractivity contribution in [3.63, 3.8) is 0 Å². The molecule has 4 aromatic rings. The number of rotatable bonds is 5.